The molecule has 0 unspecified atom stereocenters. The topological polar surface area (TPSA) is 61.7 Å². The highest BCUT2D eigenvalue weighted by Gasteiger charge is 2.12. The van der Waals surface area contributed by atoms with Crippen LogP contribution >= 0.6 is 0 Å². The third kappa shape index (κ3) is 4.07. The van der Waals surface area contributed by atoms with E-state index in [1.807, 2.05) is 31.2 Å². The summed E-state index contributed by atoms with van der Waals surface area (Å²) in [5.74, 6) is 0.170. The number of benzene rings is 2. The highest BCUT2D eigenvalue weighted by Crippen LogP contribution is 2.24. The number of carbonyl (C=O) groups is 1. The number of amides is 1. The van der Waals surface area contributed by atoms with Gasteiger partial charge < -0.3 is 5.11 Å². The van der Waals surface area contributed by atoms with E-state index in [1.165, 1.54) is 0 Å². The van der Waals surface area contributed by atoms with Crippen LogP contribution in [0.1, 0.15) is 44.0 Å². The van der Waals surface area contributed by atoms with Crippen molar-refractivity contribution in [1.29, 1.82) is 0 Å². The molecule has 22 heavy (non-hydrogen) atoms. The lowest BCUT2D eigenvalue weighted by Gasteiger charge is -2.07. The average Bonchev–Trinajstić information content (AvgIpc) is 2.49. The van der Waals surface area contributed by atoms with Crippen LogP contribution in [0.2, 0.25) is 0 Å². The molecule has 0 bridgehead atoms. The molecule has 116 valence electrons. The lowest BCUT2D eigenvalue weighted by Crippen LogP contribution is -2.19. The molecule has 0 aromatic heterocycles. The summed E-state index contributed by atoms with van der Waals surface area (Å²) >= 11 is 0. The fraction of sp³-hybridized carbons (Fsp3) is 0.333. The van der Waals surface area contributed by atoms with E-state index >= 15 is 0 Å². The van der Waals surface area contributed by atoms with Gasteiger partial charge in [-0.15, -0.1) is 0 Å². The Labute approximate surface area is 130 Å². The van der Waals surface area contributed by atoms with E-state index in [4.69, 9.17) is 0 Å². The molecule has 0 aliphatic heterocycles. The largest absolute Gasteiger partial charge is 0.507 e. The molecular weight excluding hydrogens is 276 g/mol. The van der Waals surface area contributed by atoms with Crippen LogP contribution < -0.4 is 5.43 Å². The van der Waals surface area contributed by atoms with E-state index in [0.717, 1.165) is 29.3 Å². The Morgan fingerprint density at radius 1 is 1.23 bits per heavy atom. The first-order chi connectivity index (χ1) is 10.5. The molecule has 0 atom stereocenters. The van der Waals surface area contributed by atoms with Crippen LogP contribution in [0.4, 0.5) is 0 Å². The van der Waals surface area contributed by atoms with Crippen LogP contribution in [-0.2, 0) is 0 Å². The van der Waals surface area contributed by atoms with Crippen molar-refractivity contribution in [2.24, 2.45) is 11.0 Å². The molecule has 0 saturated carbocycles. The average molecular weight is 298 g/mol. The van der Waals surface area contributed by atoms with Gasteiger partial charge in [-0.2, -0.15) is 5.10 Å². The molecule has 2 aromatic rings. The van der Waals surface area contributed by atoms with E-state index in [-0.39, 0.29) is 11.3 Å². The van der Waals surface area contributed by atoms with Crippen molar-refractivity contribution in [2.45, 2.75) is 33.6 Å². The fourth-order valence-corrected chi connectivity index (χ4v) is 2.17. The SMILES string of the molecule is CC(CCC(C)C)=NNC(=O)c1cc2ccccc2cc1O. The van der Waals surface area contributed by atoms with E-state index in [9.17, 15) is 9.90 Å². The van der Waals surface area contributed by atoms with Gasteiger partial charge in [-0.25, -0.2) is 5.43 Å². The normalized spacial score (nSPS) is 11.9. The van der Waals surface area contributed by atoms with Crippen molar-refractivity contribution in [3.8, 4) is 5.75 Å². The summed E-state index contributed by atoms with van der Waals surface area (Å²) in [4.78, 5) is 12.2. The molecule has 0 aliphatic carbocycles. The van der Waals surface area contributed by atoms with Crippen molar-refractivity contribution in [3.63, 3.8) is 0 Å². The molecule has 2 rings (SSSR count). The molecule has 0 heterocycles. The van der Waals surface area contributed by atoms with Gasteiger partial charge in [0.25, 0.3) is 5.91 Å². The first-order valence-corrected chi connectivity index (χ1v) is 7.52. The minimum Gasteiger partial charge on any atom is -0.507 e. The summed E-state index contributed by atoms with van der Waals surface area (Å²) in [7, 11) is 0. The van der Waals surface area contributed by atoms with Crippen molar-refractivity contribution in [3.05, 3.63) is 42.0 Å². The Balaban J connectivity index is 2.12. The number of hydrogen-bond donors (Lipinski definition) is 2. The number of nitrogens with one attached hydrogen (secondary N) is 1. The maximum Gasteiger partial charge on any atom is 0.275 e. The number of phenols is 1. The van der Waals surface area contributed by atoms with Crippen molar-refractivity contribution < 1.29 is 9.90 Å². The first kappa shape index (κ1) is 16.0. The van der Waals surface area contributed by atoms with Gasteiger partial charge in [0.05, 0.1) is 5.56 Å². The Morgan fingerprint density at radius 3 is 2.50 bits per heavy atom. The predicted octanol–water partition coefficient (Wildman–Crippen LogP) is 4.09. The number of phenolic OH excluding ortho intramolecular Hbond substituents is 1. The van der Waals surface area contributed by atoms with Gasteiger partial charge in [0, 0.05) is 5.71 Å². The van der Waals surface area contributed by atoms with E-state index in [1.54, 1.807) is 12.1 Å². The summed E-state index contributed by atoms with van der Waals surface area (Å²) < 4.78 is 0. The number of hydrogen-bond acceptors (Lipinski definition) is 3. The zero-order valence-electron chi connectivity index (χ0n) is 13.3. The minimum atomic E-state index is -0.396. The Hall–Kier alpha value is -2.36. The second kappa shape index (κ2) is 7.07. The molecule has 4 heteroatoms. The quantitative estimate of drug-likeness (QED) is 0.645. The molecule has 0 radical (unpaired) electrons. The van der Waals surface area contributed by atoms with E-state index in [2.05, 4.69) is 24.4 Å². The minimum absolute atomic E-state index is 0.0359. The number of nitrogens with zero attached hydrogens (tertiary/aromatic N) is 1. The van der Waals surface area contributed by atoms with Gasteiger partial charge in [0.15, 0.2) is 0 Å². The molecular formula is C18H22N2O2. The predicted molar refractivity (Wildman–Crippen MR) is 90.3 cm³/mol. The lowest BCUT2D eigenvalue weighted by molar-refractivity contribution is 0.0952. The summed E-state index contributed by atoms with van der Waals surface area (Å²) in [6, 6.07) is 10.9. The number of aromatic hydroxyl groups is 1. The van der Waals surface area contributed by atoms with Crippen LogP contribution in [0.3, 0.4) is 0 Å². The van der Waals surface area contributed by atoms with Crippen molar-refractivity contribution in [1.82, 2.24) is 5.43 Å². The zero-order chi connectivity index (χ0) is 16.1. The summed E-state index contributed by atoms with van der Waals surface area (Å²) in [6.45, 7) is 6.20. The van der Waals surface area contributed by atoms with Crippen LogP contribution in [0.15, 0.2) is 41.5 Å². The standard InChI is InChI=1S/C18H22N2O2/c1-12(2)8-9-13(3)19-20-18(22)16-10-14-6-4-5-7-15(14)11-17(16)21/h4-7,10-12,21H,8-9H2,1-3H3,(H,20,22). The molecule has 0 fully saturated rings. The third-order valence-corrected chi connectivity index (χ3v) is 3.54. The first-order valence-electron chi connectivity index (χ1n) is 7.52. The molecule has 0 aliphatic rings. The van der Waals surface area contributed by atoms with Crippen LogP contribution in [0, 0.1) is 5.92 Å². The number of rotatable bonds is 5. The van der Waals surface area contributed by atoms with Gasteiger partial charge in [-0.1, -0.05) is 38.1 Å². The Kier molecular flexibility index (Phi) is 5.15. The summed E-state index contributed by atoms with van der Waals surface area (Å²) in [5.41, 5.74) is 3.63. The van der Waals surface area contributed by atoms with Gasteiger partial charge >= 0.3 is 0 Å². The van der Waals surface area contributed by atoms with Crippen molar-refractivity contribution in [2.75, 3.05) is 0 Å². The smallest absolute Gasteiger partial charge is 0.275 e. The second-order valence-corrected chi connectivity index (χ2v) is 5.94. The summed E-state index contributed by atoms with van der Waals surface area (Å²) in [6.07, 6.45) is 1.88. The number of hydrazone groups is 1. The van der Waals surface area contributed by atoms with Gasteiger partial charge in [0.1, 0.15) is 5.75 Å². The maximum absolute atomic E-state index is 12.2. The molecule has 2 aromatic carbocycles. The van der Waals surface area contributed by atoms with Crippen LogP contribution in [0.25, 0.3) is 10.8 Å². The molecule has 0 spiro atoms. The van der Waals surface area contributed by atoms with E-state index < -0.39 is 5.91 Å². The van der Waals surface area contributed by atoms with Crippen LogP contribution in [0.5, 0.6) is 5.75 Å². The monoisotopic (exact) mass is 298 g/mol. The highest BCUT2D eigenvalue weighted by molar-refractivity contribution is 6.01. The second-order valence-electron chi connectivity index (χ2n) is 5.94. The summed E-state index contributed by atoms with van der Waals surface area (Å²) in [5, 5.41) is 15.9. The fourth-order valence-electron chi connectivity index (χ4n) is 2.17. The molecule has 1 amide bonds. The Bertz CT molecular complexity index is 705. The van der Waals surface area contributed by atoms with Gasteiger partial charge in [-0.05, 0) is 48.6 Å². The zero-order valence-corrected chi connectivity index (χ0v) is 13.3. The third-order valence-electron chi connectivity index (χ3n) is 3.54. The van der Waals surface area contributed by atoms with Crippen LogP contribution in [-0.4, -0.2) is 16.7 Å². The van der Waals surface area contributed by atoms with Gasteiger partial charge in [0.2, 0.25) is 0 Å². The molecule has 4 nitrogen and oxygen atoms in total. The molecule has 0 saturated heterocycles. The number of carbonyl (C=O) groups excluding carboxylic acids is 1. The maximum atomic E-state index is 12.2. The Morgan fingerprint density at radius 2 is 1.86 bits per heavy atom. The molecule has 2 N–H and O–H groups in total. The van der Waals surface area contributed by atoms with Crippen molar-refractivity contribution >= 4 is 22.4 Å². The van der Waals surface area contributed by atoms with Gasteiger partial charge in [-0.3, -0.25) is 4.79 Å². The lowest BCUT2D eigenvalue weighted by atomic mass is 10.1. The van der Waals surface area contributed by atoms with E-state index in [0.29, 0.717) is 5.92 Å². The number of fused-ring (bicyclic) bond motifs is 1. The highest BCUT2D eigenvalue weighted by atomic mass is 16.3.